The fourth-order valence-corrected chi connectivity index (χ4v) is 4.27. The van der Waals surface area contributed by atoms with Gasteiger partial charge in [-0.3, -0.25) is 0 Å². The smallest absolute Gasteiger partial charge is 0.261 e. The minimum Gasteiger partial charge on any atom is -0.304 e. The molecule has 0 aromatic rings. The van der Waals surface area contributed by atoms with E-state index < -0.39 is 0 Å². The van der Waals surface area contributed by atoms with Crippen LogP contribution in [0.25, 0.3) is 0 Å². The molecule has 0 bridgehead atoms. The first kappa shape index (κ1) is 14.5. The van der Waals surface area contributed by atoms with Crippen LogP contribution in [0.4, 0.5) is 0 Å². The van der Waals surface area contributed by atoms with Crippen molar-refractivity contribution in [3.8, 4) is 0 Å². The fraction of sp³-hybridized carbons (Fsp3) is 1.00. The molecule has 0 unspecified atom stereocenters. The summed E-state index contributed by atoms with van der Waals surface area (Å²) in [5.74, 6) is 0. The van der Waals surface area contributed by atoms with Crippen LogP contribution in [0.1, 0.15) is 40.5 Å². The van der Waals surface area contributed by atoms with E-state index in [0.29, 0.717) is 0 Å². The van der Waals surface area contributed by atoms with Gasteiger partial charge in [0.2, 0.25) is 0 Å². The van der Waals surface area contributed by atoms with Gasteiger partial charge in [-0.1, -0.05) is 50.0 Å². The summed E-state index contributed by atoms with van der Waals surface area (Å²) in [7, 11) is 0. The van der Waals surface area contributed by atoms with Crippen molar-refractivity contribution in [3.63, 3.8) is 0 Å². The Bertz CT molecular complexity index is 94.9. The molecule has 0 fully saturated rings. The molecule has 0 saturated carbocycles. The van der Waals surface area contributed by atoms with E-state index in [2.05, 4.69) is 32.6 Å². The number of hydrogen-bond donors (Lipinski definition) is 0. The van der Waals surface area contributed by atoms with E-state index >= 15 is 0 Å². The largest absolute Gasteiger partial charge is 0.304 e. The maximum atomic E-state index is 2.54. The standard InChI is InChI=1S/C8H18N.2C2H5.Al/c1-4-7-8-9(5-2)6-3;2*1-2;/h1,4-8H2,2-3H3;2*1H2,2H3;. The molecule has 0 spiro atoms. The topological polar surface area (TPSA) is 3.24 Å². The van der Waals surface area contributed by atoms with Gasteiger partial charge in [-0.05, 0) is 26.1 Å². The average Bonchev–Trinajstić information content (AvgIpc) is 2.24. The van der Waals surface area contributed by atoms with Crippen molar-refractivity contribution in [2.45, 2.75) is 56.4 Å². The van der Waals surface area contributed by atoms with E-state index in [4.69, 9.17) is 0 Å². The molecule has 0 aromatic heterocycles. The Kier molecular flexibility index (Phi) is 10.4. The van der Waals surface area contributed by atoms with Crippen molar-refractivity contribution in [2.24, 2.45) is 0 Å². The van der Waals surface area contributed by atoms with Crippen LogP contribution in [0.5, 0.6) is 0 Å². The molecule has 0 aliphatic heterocycles. The third-order valence-electron chi connectivity index (χ3n) is 3.39. The maximum absolute atomic E-state index is 2.54. The molecule has 14 heavy (non-hydrogen) atoms. The Morgan fingerprint density at radius 3 is 1.86 bits per heavy atom. The summed E-state index contributed by atoms with van der Waals surface area (Å²) < 4.78 is 0. The van der Waals surface area contributed by atoms with E-state index in [9.17, 15) is 0 Å². The molecule has 0 aliphatic carbocycles. The lowest BCUT2D eigenvalue weighted by molar-refractivity contribution is 0.298. The zero-order valence-electron chi connectivity index (χ0n) is 10.7. The Morgan fingerprint density at radius 1 is 0.857 bits per heavy atom. The minimum absolute atomic E-state index is 0.291. The van der Waals surface area contributed by atoms with E-state index in [-0.39, 0.29) is 14.1 Å². The number of rotatable bonds is 9. The third-order valence-corrected chi connectivity index (χ3v) is 6.92. The Morgan fingerprint density at radius 2 is 1.43 bits per heavy atom. The number of nitrogens with zero attached hydrogens (tertiary/aromatic N) is 1. The van der Waals surface area contributed by atoms with Crippen LogP contribution >= 0.6 is 0 Å². The molecular formula is C12H28AlN. The maximum Gasteiger partial charge on any atom is 0.261 e. The van der Waals surface area contributed by atoms with Gasteiger partial charge in [-0.2, -0.15) is 0 Å². The van der Waals surface area contributed by atoms with Gasteiger partial charge < -0.3 is 4.90 Å². The molecular weight excluding hydrogens is 185 g/mol. The van der Waals surface area contributed by atoms with Crippen molar-refractivity contribution in [2.75, 3.05) is 19.6 Å². The zero-order chi connectivity index (χ0) is 10.8. The molecule has 0 saturated heterocycles. The van der Waals surface area contributed by atoms with E-state index in [1.165, 1.54) is 43.0 Å². The Hall–Kier alpha value is 0.492. The molecule has 1 nitrogen and oxygen atoms in total. The molecule has 0 radical (unpaired) electrons. The summed E-state index contributed by atoms with van der Waals surface area (Å²) in [4.78, 5) is 2.54. The van der Waals surface area contributed by atoms with E-state index in [1.807, 2.05) is 0 Å². The molecule has 84 valence electrons. The highest BCUT2D eigenvalue weighted by Crippen LogP contribution is 2.09. The van der Waals surface area contributed by atoms with Gasteiger partial charge in [0.05, 0.1) is 0 Å². The lowest BCUT2D eigenvalue weighted by Crippen LogP contribution is -2.24. The van der Waals surface area contributed by atoms with E-state index in [0.717, 1.165) is 0 Å². The fourth-order valence-electron chi connectivity index (χ4n) is 2.01. The van der Waals surface area contributed by atoms with Crippen LogP contribution in [0.15, 0.2) is 0 Å². The summed E-state index contributed by atoms with van der Waals surface area (Å²) in [5.41, 5.74) is 0. The monoisotopic (exact) mass is 213 g/mol. The van der Waals surface area contributed by atoms with Crippen molar-refractivity contribution in [1.29, 1.82) is 0 Å². The van der Waals surface area contributed by atoms with E-state index in [1.54, 1.807) is 5.28 Å². The number of hydrogen-bond acceptors (Lipinski definition) is 1. The highest BCUT2D eigenvalue weighted by molar-refractivity contribution is 6.58. The second-order valence-corrected chi connectivity index (χ2v) is 8.15. The molecule has 0 aliphatic rings. The van der Waals surface area contributed by atoms with Crippen LogP contribution in [0, 0.1) is 0 Å². The summed E-state index contributed by atoms with van der Waals surface area (Å²) in [6.07, 6.45) is 2.90. The van der Waals surface area contributed by atoms with Crippen molar-refractivity contribution in [1.82, 2.24) is 4.90 Å². The normalized spacial score (nSPS) is 10.9. The lowest BCUT2D eigenvalue weighted by atomic mass is 10.3. The van der Waals surface area contributed by atoms with Gasteiger partial charge in [0.15, 0.2) is 0 Å². The summed E-state index contributed by atoms with van der Waals surface area (Å²) in [6, 6.07) is 0. The Labute approximate surface area is 95.3 Å². The molecule has 0 heterocycles. The van der Waals surface area contributed by atoms with Gasteiger partial charge in [0.25, 0.3) is 14.1 Å². The average molecular weight is 213 g/mol. The summed E-state index contributed by atoms with van der Waals surface area (Å²) in [5, 5.41) is 4.58. The predicted molar refractivity (Wildman–Crippen MR) is 68.5 cm³/mol. The van der Waals surface area contributed by atoms with Gasteiger partial charge in [0, 0.05) is 0 Å². The van der Waals surface area contributed by atoms with Gasteiger partial charge in [0.1, 0.15) is 0 Å². The van der Waals surface area contributed by atoms with Crippen molar-refractivity contribution < 1.29 is 0 Å². The quantitative estimate of drug-likeness (QED) is 0.417. The highest BCUT2D eigenvalue weighted by Gasteiger charge is 2.10. The second kappa shape index (κ2) is 10.0. The highest BCUT2D eigenvalue weighted by atomic mass is 27.2. The van der Waals surface area contributed by atoms with Crippen LogP contribution in [0.3, 0.4) is 0 Å². The lowest BCUT2D eigenvalue weighted by Gasteiger charge is -2.17. The minimum atomic E-state index is -0.291. The van der Waals surface area contributed by atoms with Crippen LogP contribution in [0.2, 0.25) is 15.8 Å². The summed E-state index contributed by atoms with van der Waals surface area (Å²) >= 11 is -0.291. The molecule has 0 N–H and O–H groups in total. The second-order valence-electron chi connectivity index (χ2n) is 4.21. The third kappa shape index (κ3) is 6.87. The molecule has 2 heteroatoms. The molecule has 0 rings (SSSR count). The molecule has 0 amide bonds. The Balaban J connectivity index is 3.35. The molecule has 0 aromatic carbocycles. The first-order valence-corrected chi connectivity index (χ1v) is 8.95. The van der Waals surface area contributed by atoms with Crippen molar-refractivity contribution >= 4 is 14.1 Å². The SMILES string of the molecule is CCN(CC)CCC[CH2][Al]([CH2]C)[CH2]C. The number of unbranched alkanes of at least 4 members (excludes halogenated alkanes) is 1. The predicted octanol–water partition coefficient (Wildman–Crippen LogP) is 3.64. The molecule has 0 atom stereocenters. The van der Waals surface area contributed by atoms with Crippen LogP contribution in [-0.4, -0.2) is 38.7 Å². The van der Waals surface area contributed by atoms with Crippen LogP contribution in [-0.2, 0) is 0 Å². The van der Waals surface area contributed by atoms with Crippen molar-refractivity contribution in [3.05, 3.63) is 0 Å². The zero-order valence-corrected chi connectivity index (χ0v) is 11.8. The summed E-state index contributed by atoms with van der Waals surface area (Å²) in [6.45, 7) is 13.0. The first-order chi connectivity index (χ1) is 6.78. The first-order valence-electron chi connectivity index (χ1n) is 6.50. The van der Waals surface area contributed by atoms with Gasteiger partial charge in [-0.25, -0.2) is 0 Å². The van der Waals surface area contributed by atoms with Gasteiger partial charge >= 0.3 is 0 Å². The van der Waals surface area contributed by atoms with Gasteiger partial charge in [-0.15, -0.1) is 0 Å². The van der Waals surface area contributed by atoms with Crippen LogP contribution < -0.4 is 0 Å².